The summed E-state index contributed by atoms with van der Waals surface area (Å²) >= 11 is 0. The summed E-state index contributed by atoms with van der Waals surface area (Å²) in [6.07, 6.45) is 5.66. The molecule has 0 spiro atoms. The predicted octanol–water partition coefficient (Wildman–Crippen LogP) is 2.88. The Morgan fingerprint density at radius 3 is 3.12 bits per heavy atom. The van der Waals surface area contributed by atoms with E-state index in [-0.39, 0.29) is 0 Å². The maximum Gasteiger partial charge on any atom is 0.135 e. The summed E-state index contributed by atoms with van der Waals surface area (Å²) in [6, 6.07) is 10.1. The van der Waals surface area contributed by atoms with Gasteiger partial charge in [0.2, 0.25) is 0 Å². The summed E-state index contributed by atoms with van der Waals surface area (Å²) in [7, 11) is 0. The Kier molecular flexibility index (Phi) is 3.28. The first kappa shape index (κ1) is 10.4. The largest absolute Gasteiger partial charge is 0.392 e. The highest BCUT2D eigenvalue weighted by atomic mass is 16.6. The fraction of sp³-hybridized carbons (Fsp3) is 0.0769. The average molecular weight is 212 g/mol. The van der Waals surface area contributed by atoms with Gasteiger partial charge < -0.3 is 4.84 Å². The minimum atomic E-state index is 0.427. The minimum Gasteiger partial charge on any atom is -0.392 e. The summed E-state index contributed by atoms with van der Waals surface area (Å²) in [4.78, 5) is 9.10. The number of hydrogen-bond acceptors (Lipinski definition) is 3. The van der Waals surface area contributed by atoms with Crippen LogP contribution in [-0.4, -0.2) is 18.3 Å². The summed E-state index contributed by atoms with van der Waals surface area (Å²) in [5.74, 6) is 0. The molecule has 0 aliphatic carbocycles. The van der Waals surface area contributed by atoms with Crippen LogP contribution in [0.1, 0.15) is 5.56 Å². The molecule has 0 unspecified atom stereocenters. The lowest BCUT2D eigenvalue weighted by Crippen LogP contribution is -1.82. The number of benzene rings is 1. The Hall–Kier alpha value is -2.16. The topological polar surface area (TPSA) is 34.5 Å². The normalized spacial score (nSPS) is 10.8. The molecule has 16 heavy (non-hydrogen) atoms. The first-order valence-electron chi connectivity index (χ1n) is 4.99. The van der Waals surface area contributed by atoms with E-state index in [4.69, 9.17) is 4.84 Å². The second-order valence-electron chi connectivity index (χ2n) is 3.29. The van der Waals surface area contributed by atoms with E-state index in [1.165, 1.54) is 0 Å². The summed E-state index contributed by atoms with van der Waals surface area (Å²) in [6.45, 7) is 3.65. The maximum absolute atomic E-state index is 4.75. The zero-order chi connectivity index (χ0) is 11.2. The molecular formula is C13H12N2O. The maximum atomic E-state index is 4.75. The SMILES string of the molecule is C=NOC/C=C/c1cnc2ccccc2c1. The van der Waals surface area contributed by atoms with E-state index in [2.05, 4.69) is 22.9 Å². The Morgan fingerprint density at radius 2 is 2.25 bits per heavy atom. The van der Waals surface area contributed by atoms with Gasteiger partial charge in [-0.3, -0.25) is 4.98 Å². The van der Waals surface area contributed by atoms with Crippen molar-refractivity contribution < 1.29 is 4.84 Å². The third kappa shape index (κ3) is 2.45. The lowest BCUT2D eigenvalue weighted by atomic mass is 10.1. The molecule has 0 saturated carbocycles. The predicted molar refractivity (Wildman–Crippen MR) is 66.3 cm³/mol. The number of fused-ring (bicyclic) bond motifs is 1. The molecule has 0 aliphatic rings. The van der Waals surface area contributed by atoms with Gasteiger partial charge in [-0.1, -0.05) is 24.3 Å². The second-order valence-corrected chi connectivity index (χ2v) is 3.29. The van der Waals surface area contributed by atoms with Crippen molar-refractivity contribution in [3.63, 3.8) is 0 Å². The Labute approximate surface area is 94.1 Å². The number of hydrogen-bond donors (Lipinski definition) is 0. The first-order chi connectivity index (χ1) is 7.90. The van der Waals surface area contributed by atoms with Crippen LogP contribution in [0, 0.1) is 0 Å². The van der Waals surface area contributed by atoms with Gasteiger partial charge in [-0.15, -0.1) is 5.16 Å². The molecule has 2 rings (SSSR count). The molecule has 0 saturated heterocycles. The summed E-state index contributed by atoms with van der Waals surface area (Å²) < 4.78 is 0. The highest BCUT2D eigenvalue weighted by Gasteiger charge is 1.93. The average Bonchev–Trinajstić information content (AvgIpc) is 2.34. The van der Waals surface area contributed by atoms with Crippen molar-refractivity contribution in [2.45, 2.75) is 0 Å². The molecule has 0 aliphatic heterocycles. The molecule has 0 N–H and O–H groups in total. The Morgan fingerprint density at radius 1 is 1.38 bits per heavy atom. The molecule has 3 heteroatoms. The van der Waals surface area contributed by atoms with E-state index in [0.717, 1.165) is 16.5 Å². The fourth-order valence-electron chi connectivity index (χ4n) is 1.46. The van der Waals surface area contributed by atoms with E-state index in [9.17, 15) is 0 Å². The van der Waals surface area contributed by atoms with Crippen molar-refractivity contribution >= 4 is 23.7 Å². The van der Waals surface area contributed by atoms with Crippen molar-refractivity contribution in [3.8, 4) is 0 Å². The highest BCUT2D eigenvalue weighted by molar-refractivity contribution is 5.80. The molecule has 0 atom stereocenters. The molecule has 0 fully saturated rings. The molecule has 3 nitrogen and oxygen atoms in total. The zero-order valence-electron chi connectivity index (χ0n) is 8.84. The van der Waals surface area contributed by atoms with Gasteiger partial charge in [0.1, 0.15) is 6.61 Å². The van der Waals surface area contributed by atoms with E-state index < -0.39 is 0 Å². The molecule has 1 aromatic carbocycles. The van der Waals surface area contributed by atoms with Crippen molar-refractivity contribution in [2.75, 3.05) is 6.61 Å². The number of nitrogens with zero attached hydrogens (tertiary/aromatic N) is 2. The zero-order valence-corrected chi connectivity index (χ0v) is 8.84. The van der Waals surface area contributed by atoms with Gasteiger partial charge in [-0.05, 0) is 23.8 Å². The molecule has 2 aromatic rings. The van der Waals surface area contributed by atoms with E-state index >= 15 is 0 Å². The Balaban J connectivity index is 2.19. The van der Waals surface area contributed by atoms with Crippen LogP contribution >= 0.6 is 0 Å². The van der Waals surface area contributed by atoms with E-state index in [0.29, 0.717) is 6.61 Å². The minimum absolute atomic E-state index is 0.427. The van der Waals surface area contributed by atoms with Crippen LogP contribution < -0.4 is 0 Å². The molecular weight excluding hydrogens is 200 g/mol. The van der Waals surface area contributed by atoms with Crippen molar-refractivity contribution in [3.05, 3.63) is 48.2 Å². The van der Waals surface area contributed by atoms with Crippen molar-refractivity contribution in [1.29, 1.82) is 0 Å². The number of rotatable bonds is 4. The van der Waals surface area contributed by atoms with E-state index in [1.807, 2.05) is 42.6 Å². The van der Waals surface area contributed by atoms with Gasteiger partial charge in [-0.2, -0.15) is 0 Å². The quantitative estimate of drug-likeness (QED) is 0.443. The number of para-hydroxylation sites is 1. The summed E-state index contributed by atoms with van der Waals surface area (Å²) in [5.41, 5.74) is 2.05. The number of aromatic nitrogens is 1. The molecule has 80 valence electrons. The lowest BCUT2D eigenvalue weighted by Gasteiger charge is -1.98. The van der Waals surface area contributed by atoms with Gasteiger partial charge in [-0.25, -0.2) is 0 Å². The van der Waals surface area contributed by atoms with Gasteiger partial charge in [0.05, 0.1) is 5.52 Å². The third-order valence-electron chi connectivity index (χ3n) is 2.18. The molecule has 0 amide bonds. The Bertz CT molecular complexity index is 520. The third-order valence-corrected chi connectivity index (χ3v) is 2.18. The van der Waals surface area contributed by atoms with Gasteiger partial charge >= 0.3 is 0 Å². The van der Waals surface area contributed by atoms with Crippen LogP contribution in [0.15, 0.2) is 47.8 Å². The van der Waals surface area contributed by atoms with Crippen molar-refractivity contribution in [2.24, 2.45) is 5.16 Å². The molecule has 1 heterocycles. The molecule has 1 aromatic heterocycles. The highest BCUT2D eigenvalue weighted by Crippen LogP contribution is 2.13. The molecule has 0 bridgehead atoms. The van der Waals surface area contributed by atoms with Gasteiger partial charge in [0.15, 0.2) is 0 Å². The van der Waals surface area contributed by atoms with Gasteiger partial charge in [0, 0.05) is 18.3 Å². The molecule has 0 radical (unpaired) electrons. The van der Waals surface area contributed by atoms with Crippen LogP contribution in [0.5, 0.6) is 0 Å². The van der Waals surface area contributed by atoms with Crippen molar-refractivity contribution in [1.82, 2.24) is 4.98 Å². The van der Waals surface area contributed by atoms with Crippen LogP contribution in [0.3, 0.4) is 0 Å². The number of oxime groups is 1. The monoisotopic (exact) mass is 212 g/mol. The second kappa shape index (κ2) is 5.07. The smallest absolute Gasteiger partial charge is 0.135 e. The van der Waals surface area contributed by atoms with Crippen LogP contribution in [0.2, 0.25) is 0 Å². The first-order valence-corrected chi connectivity index (χ1v) is 4.99. The standard InChI is InChI=1S/C13H12N2O/c1-14-16-8-4-5-11-9-12-6-2-3-7-13(12)15-10-11/h2-7,9-10H,1,8H2/b5-4+. The van der Waals surface area contributed by atoms with E-state index in [1.54, 1.807) is 0 Å². The summed E-state index contributed by atoms with van der Waals surface area (Å²) in [5, 5.41) is 4.43. The van der Waals surface area contributed by atoms with Crippen LogP contribution in [0.4, 0.5) is 0 Å². The number of pyridine rings is 1. The fourth-order valence-corrected chi connectivity index (χ4v) is 1.46. The van der Waals surface area contributed by atoms with Gasteiger partial charge in [0.25, 0.3) is 0 Å². The van der Waals surface area contributed by atoms with Crippen LogP contribution in [0.25, 0.3) is 17.0 Å². The lowest BCUT2D eigenvalue weighted by molar-refractivity contribution is 0.178. The van der Waals surface area contributed by atoms with Crippen LogP contribution in [-0.2, 0) is 4.84 Å².